The molecule has 1 rings (SSSR count). The van der Waals surface area contributed by atoms with Gasteiger partial charge >= 0.3 is 12.2 Å². The fourth-order valence-corrected chi connectivity index (χ4v) is 2.05. The molecule has 0 aliphatic rings. The lowest BCUT2D eigenvalue weighted by molar-refractivity contribution is -0.152. The van der Waals surface area contributed by atoms with Crippen molar-refractivity contribution in [1.29, 1.82) is 0 Å². The Morgan fingerprint density at radius 1 is 1.40 bits per heavy atom. The highest BCUT2D eigenvalue weighted by Crippen LogP contribution is 2.18. The molecule has 0 unspecified atom stereocenters. The molecule has 9 heteroatoms. The van der Waals surface area contributed by atoms with Gasteiger partial charge in [-0.1, -0.05) is 0 Å². The molecule has 0 radical (unpaired) electrons. The largest absolute Gasteiger partial charge is 0.472 e. The molecule has 1 aromatic heterocycles. The van der Waals surface area contributed by atoms with E-state index in [0.29, 0.717) is 5.56 Å². The van der Waals surface area contributed by atoms with Crippen molar-refractivity contribution < 1.29 is 33.1 Å². The Hall–Kier alpha value is -2.77. The first-order valence-corrected chi connectivity index (χ1v) is 7.65. The summed E-state index contributed by atoms with van der Waals surface area (Å²) in [7, 11) is 1.35. The van der Waals surface area contributed by atoms with Crippen molar-refractivity contribution in [2.24, 2.45) is 0 Å². The molecule has 25 heavy (non-hydrogen) atoms. The minimum Gasteiger partial charge on any atom is -0.472 e. The van der Waals surface area contributed by atoms with E-state index < -0.39 is 29.8 Å². The molecular weight excluding hydrogens is 330 g/mol. The van der Waals surface area contributed by atoms with E-state index in [1.807, 2.05) is 0 Å². The summed E-state index contributed by atoms with van der Waals surface area (Å²) >= 11 is 0. The zero-order valence-corrected chi connectivity index (χ0v) is 14.3. The standard InChI is InChI=1S/C16H21N3O6/c1-10(2)25-16(22)13(5-4-12(20)8-18-17)19-15(21)14(23-3)11-6-7-24-9-11/h6-10,13-14H,4-5H2,1-3H3,(H,19,21)/t13-,14-/m0/s1. The van der Waals surface area contributed by atoms with Gasteiger partial charge in [-0.3, -0.25) is 9.59 Å². The van der Waals surface area contributed by atoms with Gasteiger partial charge in [0.1, 0.15) is 6.04 Å². The first-order valence-electron chi connectivity index (χ1n) is 7.65. The van der Waals surface area contributed by atoms with Crippen LogP contribution in [0.3, 0.4) is 0 Å². The molecule has 0 aliphatic carbocycles. The van der Waals surface area contributed by atoms with E-state index in [2.05, 4.69) is 10.1 Å². The number of hydrogen-bond donors (Lipinski definition) is 1. The molecule has 9 nitrogen and oxygen atoms in total. The monoisotopic (exact) mass is 351 g/mol. The summed E-state index contributed by atoms with van der Waals surface area (Å²) in [5.74, 6) is -1.73. The Bertz CT molecular complexity index is 634. The van der Waals surface area contributed by atoms with Crippen LogP contribution < -0.4 is 5.32 Å². The predicted octanol–water partition coefficient (Wildman–Crippen LogP) is 1.05. The fraction of sp³-hybridized carbons (Fsp3) is 0.500. The van der Waals surface area contributed by atoms with Crippen molar-refractivity contribution in [2.75, 3.05) is 7.11 Å². The van der Waals surface area contributed by atoms with Gasteiger partial charge in [0.25, 0.3) is 5.91 Å². The Labute approximate surface area is 144 Å². The molecule has 0 fully saturated rings. The fourth-order valence-electron chi connectivity index (χ4n) is 2.05. The summed E-state index contributed by atoms with van der Waals surface area (Å²) in [4.78, 5) is 38.7. The predicted molar refractivity (Wildman–Crippen MR) is 85.5 cm³/mol. The number of rotatable bonds is 10. The minimum absolute atomic E-state index is 0.00995. The number of amides is 1. The summed E-state index contributed by atoms with van der Waals surface area (Å²) in [6.45, 7) is 3.34. The number of esters is 1. The number of nitrogens with zero attached hydrogens (tertiary/aromatic N) is 2. The maximum Gasteiger partial charge on any atom is 0.328 e. The van der Waals surface area contributed by atoms with Crippen LogP contribution in [0.5, 0.6) is 0 Å². The van der Waals surface area contributed by atoms with Crippen LogP contribution in [0.25, 0.3) is 5.53 Å². The minimum atomic E-state index is -1.05. The van der Waals surface area contributed by atoms with Crippen LogP contribution in [0.15, 0.2) is 23.0 Å². The normalized spacial score (nSPS) is 12.8. The van der Waals surface area contributed by atoms with Gasteiger partial charge in [0.05, 0.1) is 18.6 Å². The van der Waals surface area contributed by atoms with Gasteiger partial charge < -0.3 is 24.7 Å². The third-order valence-corrected chi connectivity index (χ3v) is 3.15. The van der Waals surface area contributed by atoms with Gasteiger partial charge in [0.2, 0.25) is 5.78 Å². The number of carbonyl (C=O) groups excluding carboxylic acids is 3. The summed E-state index contributed by atoms with van der Waals surface area (Å²) in [5.41, 5.74) is 8.83. The molecule has 0 aliphatic heterocycles. The number of ketones is 1. The Balaban J connectivity index is 2.83. The highest BCUT2D eigenvalue weighted by atomic mass is 16.5. The van der Waals surface area contributed by atoms with Gasteiger partial charge in [0, 0.05) is 19.1 Å². The summed E-state index contributed by atoms with van der Waals surface area (Å²) in [6.07, 6.45) is 2.02. The van der Waals surface area contributed by atoms with Crippen LogP contribution in [0, 0.1) is 0 Å². The SMILES string of the molecule is CO[C@H](C(=O)N[C@@H](CCC(=O)C=[N+]=[N-])C(=O)OC(C)C)c1ccoc1. The van der Waals surface area contributed by atoms with Gasteiger partial charge in [-0.2, -0.15) is 4.79 Å². The van der Waals surface area contributed by atoms with Crippen LogP contribution in [-0.4, -0.2) is 47.9 Å². The summed E-state index contributed by atoms with van der Waals surface area (Å²) in [5, 5.41) is 2.52. The maximum atomic E-state index is 12.4. The van der Waals surface area contributed by atoms with Crippen molar-refractivity contribution in [1.82, 2.24) is 5.32 Å². The Morgan fingerprint density at radius 2 is 2.12 bits per heavy atom. The number of ether oxygens (including phenoxy) is 2. The summed E-state index contributed by atoms with van der Waals surface area (Å²) < 4.78 is 15.2. The van der Waals surface area contributed by atoms with Crippen LogP contribution in [0.1, 0.15) is 38.4 Å². The van der Waals surface area contributed by atoms with E-state index in [-0.39, 0.29) is 18.9 Å². The Kier molecular flexibility index (Phi) is 8.25. The van der Waals surface area contributed by atoms with Gasteiger partial charge in [-0.05, 0) is 26.3 Å². The molecular formula is C16H21N3O6. The van der Waals surface area contributed by atoms with Crippen molar-refractivity contribution in [3.63, 3.8) is 0 Å². The molecule has 1 heterocycles. The van der Waals surface area contributed by atoms with Gasteiger partial charge in [-0.25, -0.2) is 4.79 Å². The quantitative estimate of drug-likeness (QED) is 0.290. The highest BCUT2D eigenvalue weighted by molar-refractivity contribution is 6.25. The number of carbonyl (C=O) groups is 3. The molecule has 1 N–H and O–H groups in total. The summed E-state index contributed by atoms with van der Waals surface area (Å²) in [6, 6.07) is 0.520. The van der Waals surface area contributed by atoms with Crippen LogP contribution in [-0.2, 0) is 23.9 Å². The molecule has 136 valence electrons. The maximum absolute atomic E-state index is 12.4. The van der Waals surface area contributed by atoms with Gasteiger partial charge in [0.15, 0.2) is 6.10 Å². The third kappa shape index (κ3) is 6.70. The van der Waals surface area contributed by atoms with Crippen molar-refractivity contribution in [2.45, 2.75) is 44.9 Å². The highest BCUT2D eigenvalue weighted by Gasteiger charge is 2.29. The zero-order chi connectivity index (χ0) is 18.8. The molecule has 0 spiro atoms. The number of Topliss-reactive ketones (excluding diaryl/α,β-unsaturated/α-hetero) is 1. The molecule has 0 saturated heterocycles. The first-order chi connectivity index (χ1) is 11.9. The van der Waals surface area contributed by atoms with E-state index in [1.165, 1.54) is 19.6 Å². The average Bonchev–Trinajstić information content (AvgIpc) is 3.05. The number of methoxy groups -OCH3 is 1. The lowest BCUT2D eigenvalue weighted by Gasteiger charge is -2.21. The number of furan rings is 1. The van der Waals surface area contributed by atoms with E-state index in [4.69, 9.17) is 19.4 Å². The molecule has 1 amide bonds. The number of hydrogen-bond acceptors (Lipinski definition) is 6. The lowest BCUT2D eigenvalue weighted by atomic mass is 10.1. The second kappa shape index (κ2) is 10.2. The molecule has 0 saturated carbocycles. The van der Waals surface area contributed by atoms with Crippen molar-refractivity contribution in [3.8, 4) is 0 Å². The van der Waals surface area contributed by atoms with E-state index in [1.54, 1.807) is 19.9 Å². The van der Waals surface area contributed by atoms with Crippen LogP contribution in [0.2, 0.25) is 0 Å². The second-order valence-corrected chi connectivity index (χ2v) is 5.47. The van der Waals surface area contributed by atoms with Gasteiger partial charge in [-0.15, -0.1) is 0 Å². The lowest BCUT2D eigenvalue weighted by Crippen LogP contribution is -2.45. The zero-order valence-electron chi connectivity index (χ0n) is 14.3. The Morgan fingerprint density at radius 3 is 2.64 bits per heavy atom. The third-order valence-electron chi connectivity index (χ3n) is 3.15. The topological polar surface area (TPSA) is 131 Å². The number of nitrogens with one attached hydrogen (secondary N) is 1. The first kappa shape index (κ1) is 20.3. The second-order valence-electron chi connectivity index (χ2n) is 5.47. The molecule has 2 atom stereocenters. The molecule has 1 aromatic rings. The van der Waals surface area contributed by atoms with E-state index in [0.717, 1.165) is 6.21 Å². The van der Waals surface area contributed by atoms with Crippen LogP contribution in [0.4, 0.5) is 0 Å². The van der Waals surface area contributed by atoms with Crippen molar-refractivity contribution in [3.05, 3.63) is 29.7 Å². The van der Waals surface area contributed by atoms with Crippen LogP contribution >= 0.6 is 0 Å². The molecule has 0 aromatic carbocycles. The molecule has 0 bridgehead atoms. The van der Waals surface area contributed by atoms with E-state index >= 15 is 0 Å². The van der Waals surface area contributed by atoms with E-state index in [9.17, 15) is 14.4 Å². The van der Waals surface area contributed by atoms with Crippen molar-refractivity contribution >= 4 is 23.9 Å². The average molecular weight is 351 g/mol. The smallest absolute Gasteiger partial charge is 0.328 e.